The first kappa shape index (κ1) is 15.1. The van der Waals surface area contributed by atoms with E-state index in [-0.39, 0.29) is 0 Å². The molecule has 0 saturated heterocycles. The molecule has 2 heteroatoms. The summed E-state index contributed by atoms with van der Waals surface area (Å²) in [5.41, 5.74) is 0.480. The number of nitrogens with one attached hydrogen (secondary N) is 1. The van der Waals surface area contributed by atoms with Crippen LogP contribution in [0.15, 0.2) is 17.5 Å². The highest BCUT2D eigenvalue weighted by Gasteiger charge is 2.28. The van der Waals surface area contributed by atoms with Crippen molar-refractivity contribution in [1.29, 1.82) is 0 Å². The van der Waals surface area contributed by atoms with E-state index in [0.29, 0.717) is 17.5 Å². The minimum Gasteiger partial charge on any atom is -0.307 e. The van der Waals surface area contributed by atoms with Gasteiger partial charge in [0.2, 0.25) is 0 Å². The van der Waals surface area contributed by atoms with E-state index in [2.05, 4.69) is 50.5 Å². The van der Waals surface area contributed by atoms with Gasteiger partial charge in [0.1, 0.15) is 0 Å². The van der Waals surface area contributed by atoms with E-state index < -0.39 is 0 Å². The molecule has 0 spiro atoms. The van der Waals surface area contributed by atoms with E-state index in [1.165, 1.54) is 37.0 Å². The van der Waals surface area contributed by atoms with Crippen molar-refractivity contribution in [2.24, 2.45) is 11.3 Å². The second-order valence-electron chi connectivity index (χ2n) is 7.17. The van der Waals surface area contributed by atoms with E-state index in [4.69, 9.17) is 0 Å². The minimum atomic E-state index is 0.480. The lowest BCUT2D eigenvalue weighted by molar-refractivity contribution is 0.213. The van der Waals surface area contributed by atoms with E-state index in [9.17, 15) is 0 Å². The molecule has 0 bridgehead atoms. The third-order valence-electron chi connectivity index (χ3n) is 4.65. The Bertz CT molecular complexity index is 363. The molecule has 108 valence electrons. The van der Waals surface area contributed by atoms with Crippen molar-refractivity contribution in [2.45, 2.75) is 71.9 Å². The second kappa shape index (κ2) is 6.41. The van der Waals surface area contributed by atoms with Gasteiger partial charge in [-0.1, -0.05) is 33.3 Å². The average Bonchev–Trinajstić information content (AvgIpc) is 2.75. The second-order valence-corrected chi connectivity index (χ2v) is 8.15. The van der Waals surface area contributed by atoms with E-state index in [0.717, 1.165) is 5.92 Å². The summed E-state index contributed by atoms with van der Waals surface area (Å²) in [7, 11) is 0. The third-order valence-corrected chi connectivity index (χ3v) is 5.70. The maximum atomic E-state index is 3.84. The van der Waals surface area contributed by atoms with Gasteiger partial charge in [0, 0.05) is 17.0 Å². The lowest BCUT2D eigenvalue weighted by atomic mass is 9.76. The molecule has 1 saturated carbocycles. The van der Waals surface area contributed by atoms with Crippen molar-refractivity contribution in [3.05, 3.63) is 22.4 Å². The molecule has 1 heterocycles. The monoisotopic (exact) mass is 279 g/mol. The first-order valence-electron chi connectivity index (χ1n) is 7.76. The van der Waals surface area contributed by atoms with Crippen molar-refractivity contribution in [2.75, 3.05) is 0 Å². The largest absolute Gasteiger partial charge is 0.307 e. The molecule has 2 rings (SSSR count). The Labute approximate surface area is 122 Å². The fourth-order valence-corrected chi connectivity index (χ4v) is 4.05. The highest BCUT2D eigenvalue weighted by molar-refractivity contribution is 7.10. The molecular weight excluding hydrogens is 250 g/mol. The number of rotatable bonds is 3. The Morgan fingerprint density at radius 2 is 2.00 bits per heavy atom. The van der Waals surface area contributed by atoms with E-state index in [1.807, 2.05) is 11.3 Å². The number of thiophene rings is 1. The summed E-state index contributed by atoms with van der Waals surface area (Å²) in [4.78, 5) is 1.47. The molecule has 19 heavy (non-hydrogen) atoms. The predicted molar refractivity (Wildman–Crippen MR) is 85.7 cm³/mol. The van der Waals surface area contributed by atoms with Crippen LogP contribution in [0, 0.1) is 11.3 Å². The third kappa shape index (κ3) is 4.32. The van der Waals surface area contributed by atoms with Crippen molar-refractivity contribution >= 4 is 11.3 Å². The molecule has 0 radical (unpaired) electrons. The zero-order chi connectivity index (χ0) is 13.9. The lowest BCUT2D eigenvalue weighted by Crippen LogP contribution is -2.31. The molecule has 3 unspecified atom stereocenters. The SMILES string of the molecule is CC(NC1CCCC(C(C)(C)C)CC1)c1cccs1. The Morgan fingerprint density at radius 3 is 2.63 bits per heavy atom. The van der Waals surface area contributed by atoms with Crippen molar-refractivity contribution in [3.63, 3.8) is 0 Å². The first-order valence-corrected chi connectivity index (χ1v) is 8.64. The van der Waals surface area contributed by atoms with Crippen molar-refractivity contribution in [1.82, 2.24) is 5.32 Å². The molecule has 1 aromatic rings. The average molecular weight is 279 g/mol. The maximum absolute atomic E-state index is 3.84. The van der Waals surface area contributed by atoms with Gasteiger partial charge in [-0.2, -0.15) is 0 Å². The van der Waals surface area contributed by atoms with Crippen molar-refractivity contribution < 1.29 is 0 Å². The summed E-state index contributed by atoms with van der Waals surface area (Å²) in [6.45, 7) is 9.51. The summed E-state index contributed by atoms with van der Waals surface area (Å²) in [5, 5.41) is 6.02. The topological polar surface area (TPSA) is 12.0 Å². The summed E-state index contributed by atoms with van der Waals surface area (Å²) in [6, 6.07) is 5.62. The highest BCUT2D eigenvalue weighted by atomic mass is 32.1. The molecule has 1 N–H and O–H groups in total. The fraction of sp³-hybridized carbons (Fsp3) is 0.765. The Kier molecular flexibility index (Phi) is 5.08. The zero-order valence-electron chi connectivity index (χ0n) is 12.9. The number of hydrogen-bond donors (Lipinski definition) is 1. The quantitative estimate of drug-likeness (QED) is 0.731. The van der Waals surface area contributed by atoms with Crippen LogP contribution in [0.4, 0.5) is 0 Å². The van der Waals surface area contributed by atoms with Gasteiger partial charge in [0.15, 0.2) is 0 Å². The van der Waals surface area contributed by atoms with Crippen LogP contribution in [-0.4, -0.2) is 6.04 Å². The van der Waals surface area contributed by atoms with Gasteiger partial charge in [-0.05, 0) is 55.4 Å². The van der Waals surface area contributed by atoms with Crippen LogP contribution in [0.5, 0.6) is 0 Å². The fourth-order valence-electron chi connectivity index (χ4n) is 3.31. The molecule has 1 aliphatic carbocycles. The van der Waals surface area contributed by atoms with Gasteiger partial charge in [0.05, 0.1) is 0 Å². The highest BCUT2D eigenvalue weighted by Crippen LogP contribution is 2.37. The smallest absolute Gasteiger partial charge is 0.0388 e. The summed E-state index contributed by atoms with van der Waals surface area (Å²) < 4.78 is 0. The minimum absolute atomic E-state index is 0.480. The summed E-state index contributed by atoms with van der Waals surface area (Å²) in [5.74, 6) is 0.899. The Hall–Kier alpha value is -0.340. The van der Waals surface area contributed by atoms with E-state index in [1.54, 1.807) is 0 Å². The summed E-state index contributed by atoms with van der Waals surface area (Å²) >= 11 is 1.87. The first-order chi connectivity index (χ1) is 8.97. The van der Waals surface area contributed by atoms with Crippen LogP contribution >= 0.6 is 11.3 Å². The Balaban J connectivity index is 1.86. The number of hydrogen-bond acceptors (Lipinski definition) is 2. The van der Waals surface area contributed by atoms with Gasteiger partial charge in [-0.3, -0.25) is 0 Å². The molecule has 1 aromatic heterocycles. The van der Waals surface area contributed by atoms with E-state index >= 15 is 0 Å². The van der Waals surface area contributed by atoms with Crippen molar-refractivity contribution in [3.8, 4) is 0 Å². The van der Waals surface area contributed by atoms with Crippen LogP contribution in [0.2, 0.25) is 0 Å². The maximum Gasteiger partial charge on any atom is 0.0388 e. The van der Waals surface area contributed by atoms with Crippen LogP contribution < -0.4 is 5.32 Å². The van der Waals surface area contributed by atoms with Crippen LogP contribution in [-0.2, 0) is 0 Å². The Morgan fingerprint density at radius 1 is 1.21 bits per heavy atom. The van der Waals surface area contributed by atoms with Gasteiger partial charge in [-0.25, -0.2) is 0 Å². The van der Waals surface area contributed by atoms with Gasteiger partial charge >= 0.3 is 0 Å². The standard InChI is InChI=1S/C17H29NS/c1-13(16-9-6-12-19-16)18-15-8-5-7-14(10-11-15)17(2,3)4/h6,9,12-15,18H,5,7-8,10-11H2,1-4H3. The molecule has 1 nitrogen and oxygen atoms in total. The zero-order valence-corrected chi connectivity index (χ0v) is 13.7. The normalized spacial score (nSPS) is 26.9. The lowest BCUT2D eigenvalue weighted by Gasteiger charge is -2.30. The molecule has 0 amide bonds. The molecule has 3 atom stereocenters. The molecule has 0 aliphatic heterocycles. The van der Waals surface area contributed by atoms with Crippen LogP contribution in [0.3, 0.4) is 0 Å². The predicted octanol–water partition coefficient (Wildman–Crippen LogP) is 5.39. The van der Waals surface area contributed by atoms with Crippen LogP contribution in [0.1, 0.15) is 70.7 Å². The molecular formula is C17H29NS. The van der Waals surface area contributed by atoms with Gasteiger partial charge < -0.3 is 5.32 Å². The molecule has 1 aliphatic rings. The summed E-state index contributed by atoms with van der Waals surface area (Å²) in [6.07, 6.45) is 6.88. The van der Waals surface area contributed by atoms with Gasteiger partial charge in [-0.15, -0.1) is 11.3 Å². The van der Waals surface area contributed by atoms with Gasteiger partial charge in [0.25, 0.3) is 0 Å². The van der Waals surface area contributed by atoms with Crippen LogP contribution in [0.25, 0.3) is 0 Å². The molecule has 0 aromatic carbocycles. The molecule has 1 fully saturated rings.